The van der Waals surface area contributed by atoms with Crippen molar-refractivity contribution in [2.75, 3.05) is 7.11 Å². The minimum atomic E-state index is -1.28. The molecular formula is C16H19F3O3. The van der Waals surface area contributed by atoms with Gasteiger partial charge in [0.15, 0.2) is 11.6 Å². The molecule has 3 nitrogen and oxygen atoms in total. The maximum atomic E-state index is 13.7. The minimum Gasteiger partial charge on any atom is -0.468 e. The molecule has 0 spiro atoms. The first-order valence-corrected chi connectivity index (χ1v) is 7.19. The summed E-state index contributed by atoms with van der Waals surface area (Å²) in [5.41, 5.74) is -0.154. The van der Waals surface area contributed by atoms with E-state index >= 15 is 0 Å². The quantitative estimate of drug-likeness (QED) is 0.474. The van der Waals surface area contributed by atoms with Crippen LogP contribution in [-0.2, 0) is 14.3 Å². The Balaban J connectivity index is 0.00000116. The highest BCUT2D eigenvalue weighted by molar-refractivity contribution is 5.99. The molecule has 122 valence electrons. The van der Waals surface area contributed by atoms with Gasteiger partial charge in [-0.05, 0) is 30.4 Å². The topological polar surface area (TPSA) is 43.4 Å². The normalized spacial score (nSPS) is 20.9. The van der Waals surface area contributed by atoms with Crippen molar-refractivity contribution in [2.24, 2.45) is 5.92 Å². The van der Waals surface area contributed by atoms with E-state index in [0.717, 1.165) is 6.07 Å². The molecule has 1 aromatic rings. The summed E-state index contributed by atoms with van der Waals surface area (Å²) in [6, 6.07) is 1.36. The second-order valence-corrected chi connectivity index (χ2v) is 4.81. The number of rotatable bonds is 2. The Kier molecular flexibility index (Phi) is 6.59. The lowest BCUT2D eigenvalue weighted by molar-refractivity contribution is -0.150. The van der Waals surface area contributed by atoms with Gasteiger partial charge in [0.2, 0.25) is 0 Å². The second-order valence-electron chi connectivity index (χ2n) is 4.81. The molecule has 1 saturated carbocycles. The molecule has 6 heteroatoms. The monoisotopic (exact) mass is 316 g/mol. The molecule has 1 aromatic carbocycles. The summed E-state index contributed by atoms with van der Waals surface area (Å²) in [4.78, 5) is 23.2. The third kappa shape index (κ3) is 3.87. The van der Waals surface area contributed by atoms with Crippen LogP contribution < -0.4 is 0 Å². The first-order chi connectivity index (χ1) is 10.4. The highest BCUT2D eigenvalue weighted by atomic mass is 19.2. The molecule has 0 radical (unpaired) electrons. The van der Waals surface area contributed by atoms with Crippen molar-refractivity contribution >= 4 is 11.8 Å². The van der Waals surface area contributed by atoms with Crippen molar-refractivity contribution in [3.05, 3.63) is 35.1 Å². The van der Waals surface area contributed by atoms with Crippen LogP contribution in [0.4, 0.5) is 13.2 Å². The zero-order valence-electron chi connectivity index (χ0n) is 12.8. The fourth-order valence-corrected chi connectivity index (χ4v) is 2.55. The van der Waals surface area contributed by atoms with Crippen LogP contribution in [0.2, 0.25) is 0 Å². The molecule has 1 aliphatic rings. The fraction of sp³-hybridized carbons (Fsp3) is 0.500. The molecule has 2 atom stereocenters. The van der Waals surface area contributed by atoms with E-state index in [9.17, 15) is 22.8 Å². The smallest absolute Gasteiger partial charge is 0.316 e. The largest absolute Gasteiger partial charge is 0.468 e. The van der Waals surface area contributed by atoms with Crippen LogP contribution in [-0.4, -0.2) is 18.9 Å². The van der Waals surface area contributed by atoms with Crippen LogP contribution in [0.5, 0.6) is 0 Å². The van der Waals surface area contributed by atoms with Crippen molar-refractivity contribution in [2.45, 2.75) is 39.0 Å². The van der Waals surface area contributed by atoms with Gasteiger partial charge in [0.25, 0.3) is 0 Å². The van der Waals surface area contributed by atoms with Crippen molar-refractivity contribution in [3.8, 4) is 0 Å². The van der Waals surface area contributed by atoms with Gasteiger partial charge in [-0.3, -0.25) is 9.59 Å². The molecule has 0 bridgehead atoms. The average molecular weight is 316 g/mol. The van der Waals surface area contributed by atoms with Gasteiger partial charge >= 0.3 is 5.97 Å². The van der Waals surface area contributed by atoms with Crippen molar-refractivity contribution in [3.63, 3.8) is 0 Å². The van der Waals surface area contributed by atoms with Gasteiger partial charge in [-0.2, -0.15) is 0 Å². The number of hydrogen-bond acceptors (Lipinski definition) is 3. The Morgan fingerprint density at radius 1 is 1.18 bits per heavy atom. The zero-order chi connectivity index (χ0) is 16.9. The van der Waals surface area contributed by atoms with E-state index in [-0.39, 0.29) is 18.4 Å². The Morgan fingerprint density at radius 3 is 2.36 bits per heavy atom. The number of esters is 1. The summed E-state index contributed by atoms with van der Waals surface area (Å²) in [6.07, 6.45) is 0.360. The van der Waals surface area contributed by atoms with Gasteiger partial charge in [-0.15, -0.1) is 0 Å². The van der Waals surface area contributed by atoms with Crippen LogP contribution in [0.3, 0.4) is 0 Å². The first kappa shape index (κ1) is 18.2. The van der Waals surface area contributed by atoms with E-state index in [2.05, 4.69) is 4.74 Å². The van der Waals surface area contributed by atoms with Crippen molar-refractivity contribution < 1.29 is 27.5 Å². The lowest BCUT2D eigenvalue weighted by atomic mass is 9.77. The highest BCUT2D eigenvalue weighted by Crippen LogP contribution is 2.36. The summed E-state index contributed by atoms with van der Waals surface area (Å²) < 4.78 is 44.5. The average Bonchev–Trinajstić information content (AvgIpc) is 2.52. The SMILES string of the molecule is CC.COC(=O)C1CCC(c2cc(F)cc(F)c2F)CC1=O. The number of hydrogen-bond donors (Lipinski definition) is 0. The van der Waals surface area contributed by atoms with E-state index in [1.54, 1.807) is 0 Å². The summed E-state index contributed by atoms with van der Waals surface area (Å²) in [7, 11) is 1.18. The van der Waals surface area contributed by atoms with Gasteiger partial charge in [-0.1, -0.05) is 13.8 Å². The molecule has 2 unspecified atom stereocenters. The molecule has 0 amide bonds. The predicted molar refractivity (Wildman–Crippen MR) is 74.8 cm³/mol. The van der Waals surface area contributed by atoms with Gasteiger partial charge in [0, 0.05) is 12.5 Å². The van der Waals surface area contributed by atoms with Crippen molar-refractivity contribution in [1.29, 1.82) is 0 Å². The molecule has 22 heavy (non-hydrogen) atoms. The van der Waals surface area contributed by atoms with Gasteiger partial charge in [0.05, 0.1) is 7.11 Å². The van der Waals surface area contributed by atoms with Crippen LogP contribution >= 0.6 is 0 Å². The highest BCUT2D eigenvalue weighted by Gasteiger charge is 2.36. The van der Waals surface area contributed by atoms with Crippen LogP contribution in [0, 0.1) is 23.4 Å². The number of methoxy groups -OCH3 is 1. The third-order valence-electron chi connectivity index (χ3n) is 3.59. The van der Waals surface area contributed by atoms with Gasteiger partial charge in [-0.25, -0.2) is 13.2 Å². The number of ketones is 1. The zero-order valence-corrected chi connectivity index (χ0v) is 12.8. The van der Waals surface area contributed by atoms with E-state index in [0.29, 0.717) is 12.5 Å². The van der Waals surface area contributed by atoms with E-state index in [1.165, 1.54) is 7.11 Å². The minimum absolute atomic E-state index is 0.125. The molecule has 0 aromatic heterocycles. The Labute approximate surface area is 127 Å². The molecule has 2 rings (SSSR count). The maximum absolute atomic E-state index is 13.7. The van der Waals surface area contributed by atoms with E-state index in [4.69, 9.17) is 0 Å². The summed E-state index contributed by atoms with van der Waals surface area (Å²) in [5.74, 6) is -5.80. The first-order valence-electron chi connectivity index (χ1n) is 7.19. The summed E-state index contributed by atoms with van der Waals surface area (Å²) in [5, 5.41) is 0. The standard InChI is InChI=1S/C14H13F3O3.C2H6/c1-20-14(19)9-3-2-7(4-12(9)18)10-5-8(15)6-11(16)13(10)17;1-2/h5-7,9H,2-4H2,1H3;1-2H3. The lowest BCUT2D eigenvalue weighted by Gasteiger charge is -2.26. The Bertz CT molecular complexity index is 558. The number of carbonyl (C=O) groups excluding carboxylic acids is 2. The molecule has 1 aliphatic carbocycles. The summed E-state index contributed by atoms with van der Waals surface area (Å²) in [6.45, 7) is 4.00. The summed E-state index contributed by atoms with van der Waals surface area (Å²) >= 11 is 0. The number of halogens is 3. The number of benzene rings is 1. The molecular weight excluding hydrogens is 297 g/mol. The van der Waals surface area contributed by atoms with E-state index in [1.807, 2.05) is 13.8 Å². The van der Waals surface area contributed by atoms with Crippen molar-refractivity contribution in [1.82, 2.24) is 0 Å². The fourth-order valence-electron chi connectivity index (χ4n) is 2.55. The number of Topliss-reactive ketones (excluding diaryl/α,β-unsaturated/α-hetero) is 1. The Hall–Kier alpha value is -1.85. The predicted octanol–water partition coefficient (Wildman–Crippen LogP) is 3.76. The van der Waals surface area contributed by atoms with E-state index < -0.39 is 41.0 Å². The molecule has 0 heterocycles. The van der Waals surface area contributed by atoms with Gasteiger partial charge < -0.3 is 4.74 Å². The molecule has 1 fully saturated rings. The molecule has 0 N–H and O–H groups in total. The number of carbonyl (C=O) groups is 2. The second kappa shape index (κ2) is 7.96. The number of ether oxygens (including phenoxy) is 1. The maximum Gasteiger partial charge on any atom is 0.316 e. The Morgan fingerprint density at radius 2 is 1.82 bits per heavy atom. The lowest BCUT2D eigenvalue weighted by Crippen LogP contribution is -2.31. The molecule has 0 saturated heterocycles. The van der Waals surface area contributed by atoms with Gasteiger partial charge in [0.1, 0.15) is 17.5 Å². The molecule has 0 aliphatic heterocycles. The van der Waals surface area contributed by atoms with Crippen LogP contribution in [0.15, 0.2) is 12.1 Å². The third-order valence-corrected chi connectivity index (χ3v) is 3.59. The van der Waals surface area contributed by atoms with Crippen LogP contribution in [0.1, 0.15) is 44.6 Å². The van der Waals surface area contributed by atoms with Crippen LogP contribution in [0.25, 0.3) is 0 Å².